The fourth-order valence-corrected chi connectivity index (χ4v) is 2.61. The highest BCUT2D eigenvalue weighted by Gasteiger charge is 2.18. The van der Waals surface area contributed by atoms with Gasteiger partial charge in [0.1, 0.15) is 5.75 Å². The summed E-state index contributed by atoms with van der Waals surface area (Å²) in [7, 11) is 1.36. The van der Waals surface area contributed by atoms with Crippen LogP contribution in [0.5, 0.6) is 5.75 Å². The molecule has 0 aromatic heterocycles. The molecule has 118 valence electrons. The second-order valence-electron chi connectivity index (χ2n) is 5.52. The van der Waals surface area contributed by atoms with Gasteiger partial charge in [0.15, 0.2) is 6.10 Å². The van der Waals surface area contributed by atoms with E-state index >= 15 is 0 Å². The van der Waals surface area contributed by atoms with Gasteiger partial charge in [0.2, 0.25) is 0 Å². The van der Waals surface area contributed by atoms with E-state index < -0.39 is 6.10 Å². The van der Waals surface area contributed by atoms with Gasteiger partial charge in [0, 0.05) is 16.6 Å². The minimum atomic E-state index is -0.626. The van der Waals surface area contributed by atoms with E-state index in [1.54, 1.807) is 6.92 Å². The van der Waals surface area contributed by atoms with E-state index in [2.05, 4.69) is 35.1 Å². The molecule has 1 atom stereocenters. The lowest BCUT2D eigenvalue weighted by Crippen LogP contribution is -2.26. The quantitative estimate of drug-likeness (QED) is 0.759. The van der Waals surface area contributed by atoms with Crippen LogP contribution >= 0.6 is 15.9 Å². The van der Waals surface area contributed by atoms with Crippen molar-refractivity contribution >= 4 is 21.9 Å². The lowest BCUT2D eigenvalue weighted by Gasteiger charge is -2.19. The Bertz CT molecular complexity index is 489. The van der Waals surface area contributed by atoms with Crippen molar-refractivity contribution in [2.75, 3.05) is 13.7 Å². The first-order valence-electron chi connectivity index (χ1n) is 7.09. The lowest BCUT2D eigenvalue weighted by atomic mass is 10.1. The number of nitrogens with one attached hydrogen (secondary N) is 1. The fourth-order valence-electron chi connectivity index (χ4n) is 1.99. The van der Waals surface area contributed by atoms with E-state index in [4.69, 9.17) is 9.47 Å². The van der Waals surface area contributed by atoms with Crippen molar-refractivity contribution in [3.05, 3.63) is 27.7 Å². The zero-order valence-corrected chi connectivity index (χ0v) is 14.9. The zero-order valence-electron chi connectivity index (χ0n) is 13.3. The highest BCUT2D eigenvalue weighted by Crippen LogP contribution is 2.29. The number of aryl methyl sites for hydroxylation is 1. The molecule has 1 aromatic rings. The number of hydrogen-bond donors (Lipinski definition) is 1. The Morgan fingerprint density at radius 2 is 2.00 bits per heavy atom. The number of carbonyl (C=O) groups excluding carboxylic acids is 1. The Hall–Kier alpha value is -1.07. The molecule has 5 heteroatoms. The molecule has 21 heavy (non-hydrogen) atoms. The third-order valence-corrected chi connectivity index (χ3v) is 3.47. The van der Waals surface area contributed by atoms with Crippen LogP contribution in [0.3, 0.4) is 0 Å². The first-order valence-corrected chi connectivity index (χ1v) is 7.88. The van der Waals surface area contributed by atoms with Crippen LogP contribution < -0.4 is 10.1 Å². The second kappa shape index (κ2) is 8.39. The van der Waals surface area contributed by atoms with Crippen LogP contribution in [0.25, 0.3) is 0 Å². The summed E-state index contributed by atoms with van der Waals surface area (Å²) in [4.78, 5) is 11.5. The maximum atomic E-state index is 11.5. The van der Waals surface area contributed by atoms with Crippen LogP contribution in [0.4, 0.5) is 0 Å². The second-order valence-corrected chi connectivity index (χ2v) is 6.43. The average Bonchev–Trinajstić information content (AvgIpc) is 2.40. The molecule has 1 N–H and O–H groups in total. The Balaban J connectivity index is 2.92. The molecule has 0 aliphatic carbocycles. The average molecular weight is 358 g/mol. The van der Waals surface area contributed by atoms with E-state index in [0.29, 0.717) is 12.5 Å². The van der Waals surface area contributed by atoms with Crippen molar-refractivity contribution in [3.8, 4) is 5.75 Å². The molecule has 0 spiro atoms. The Kier molecular flexibility index (Phi) is 7.18. The predicted octanol–water partition coefficient (Wildman–Crippen LogP) is 3.44. The van der Waals surface area contributed by atoms with E-state index in [-0.39, 0.29) is 5.97 Å². The van der Waals surface area contributed by atoms with Crippen molar-refractivity contribution in [1.29, 1.82) is 0 Å². The Labute approximate surface area is 135 Å². The molecule has 0 aliphatic heterocycles. The van der Waals surface area contributed by atoms with Crippen molar-refractivity contribution < 1.29 is 14.3 Å². The smallest absolute Gasteiger partial charge is 0.346 e. The van der Waals surface area contributed by atoms with Gasteiger partial charge in [-0.1, -0.05) is 29.8 Å². The van der Waals surface area contributed by atoms with Crippen LogP contribution in [-0.4, -0.2) is 25.7 Å². The van der Waals surface area contributed by atoms with Crippen molar-refractivity contribution in [2.45, 2.75) is 40.3 Å². The SMILES string of the molecule is COC(=O)C(C)Oc1c(C)cc(Br)cc1CNCC(C)C. The summed E-state index contributed by atoms with van der Waals surface area (Å²) in [5, 5.41) is 3.40. The van der Waals surface area contributed by atoms with Gasteiger partial charge in [0.25, 0.3) is 0 Å². The van der Waals surface area contributed by atoms with E-state index in [1.165, 1.54) is 7.11 Å². The molecule has 1 rings (SSSR count). The molecule has 4 nitrogen and oxygen atoms in total. The van der Waals surface area contributed by atoms with Crippen molar-refractivity contribution in [2.24, 2.45) is 5.92 Å². The molecule has 0 saturated heterocycles. The van der Waals surface area contributed by atoms with Gasteiger partial charge in [-0.25, -0.2) is 4.79 Å². The number of carbonyl (C=O) groups is 1. The molecule has 1 aromatic carbocycles. The summed E-state index contributed by atoms with van der Waals surface area (Å²) >= 11 is 3.50. The molecule has 0 bridgehead atoms. The van der Waals surface area contributed by atoms with Crippen molar-refractivity contribution in [3.63, 3.8) is 0 Å². The van der Waals surface area contributed by atoms with Crippen molar-refractivity contribution in [1.82, 2.24) is 5.32 Å². The molecule has 0 saturated carbocycles. The third kappa shape index (κ3) is 5.67. The normalized spacial score (nSPS) is 12.3. The molecule has 0 amide bonds. The van der Waals surface area contributed by atoms with Gasteiger partial charge in [0.05, 0.1) is 7.11 Å². The van der Waals surface area contributed by atoms with E-state index in [1.807, 2.05) is 19.1 Å². The number of esters is 1. The number of halogens is 1. The van der Waals surface area contributed by atoms with Gasteiger partial charge in [-0.05, 0) is 44.0 Å². The predicted molar refractivity (Wildman–Crippen MR) is 87.5 cm³/mol. The van der Waals surface area contributed by atoms with Gasteiger partial charge in [-0.2, -0.15) is 0 Å². The highest BCUT2D eigenvalue weighted by atomic mass is 79.9. The fraction of sp³-hybridized carbons (Fsp3) is 0.562. The molecule has 0 fully saturated rings. The van der Waals surface area contributed by atoms with Crippen LogP contribution in [0.1, 0.15) is 31.9 Å². The summed E-state index contributed by atoms with van der Waals surface area (Å²) < 4.78 is 11.5. The maximum Gasteiger partial charge on any atom is 0.346 e. The van der Waals surface area contributed by atoms with Gasteiger partial charge < -0.3 is 14.8 Å². The number of methoxy groups -OCH3 is 1. The topological polar surface area (TPSA) is 47.6 Å². The summed E-state index contributed by atoms with van der Waals surface area (Å²) in [6, 6.07) is 3.99. The summed E-state index contributed by atoms with van der Waals surface area (Å²) in [5.41, 5.74) is 2.01. The number of hydrogen-bond acceptors (Lipinski definition) is 4. The number of ether oxygens (including phenoxy) is 2. The van der Waals surface area contributed by atoms with E-state index in [0.717, 1.165) is 27.9 Å². The summed E-state index contributed by atoms with van der Waals surface area (Å²) in [5.74, 6) is 0.947. The standard InChI is InChI=1S/C16H24BrNO3/c1-10(2)8-18-9-13-7-14(17)6-11(3)15(13)21-12(4)16(19)20-5/h6-7,10,12,18H,8-9H2,1-5H3. The zero-order chi connectivity index (χ0) is 16.0. The molecule has 0 aliphatic rings. The van der Waals surface area contributed by atoms with E-state index in [9.17, 15) is 4.79 Å². The molecule has 1 unspecified atom stereocenters. The van der Waals surface area contributed by atoms with Gasteiger partial charge in [-0.3, -0.25) is 0 Å². The summed E-state index contributed by atoms with van der Waals surface area (Å²) in [6.45, 7) is 9.61. The molecular weight excluding hydrogens is 334 g/mol. The largest absolute Gasteiger partial charge is 0.478 e. The monoisotopic (exact) mass is 357 g/mol. The number of rotatable bonds is 7. The van der Waals surface area contributed by atoms with Crippen LogP contribution in [0, 0.1) is 12.8 Å². The van der Waals surface area contributed by atoms with Gasteiger partial charge >= 0.3 is 5.97 Å². The van der Waals surface area contributed by atoms with Crippen LogP contribution in [0.2, 0.25) is 0 Å². The number of benzene rings is 1. The Morgan fingerprint density at radius 1 is 1.33 bits per heavy atom. The lowest BCUT2D eigenvalue weighted by molar-refractivity contribution is -0.147. The van der Waals surface area contributed by atoms with Crippen LogP contribution in [-0.2, 0) is 16.1 Å². The maximum absolute atomic E-state index is 11.5. The Morgan fingerprint density at radius 3 is 2.57 bits per heavy atom. The first-order chi connectivity index (χ1) is 9.85. The molecule has 0 radical (unpaired) electrons. The molecular formula is C16H24BrNO3. The third-order valence-electron chi connectivity index (χ3n) is 3.01. The summed E-state index contributed by atoms with van der Waals surface area (Å²) in [6.07, 6.45) is -0.626. The molecule has 0 heterocycles. The first kappa shape index (κ1) is 18.0. The van der Waals surface area contributed by atoms with Gasteiger partial charge in [-0.15, -0.1) is 0 Å². The van der Waals surface area contributed by atoms with Crippen LogP contribution in [0.15, 0.2) is 16.6 Å². The minimum Gasteiger partial charge on any atom is -0.478 e. The highest BCUT2D eigenvalue weighted by molar-refractivity contribution is 9.10. The minimum absolute atomic E-state index is 0.376.